The zero-order valence-electron chi connectivity index (χ0n) is 16.8. The highest BCUT2D eigenvalue weighted by Gasteiger charge is 2.14. The molecule has 1 N–H and O–H groups in total. The molecule has 3 rings (SSSR count). The summed E-state index contributed by atoms with van der Waals surface area (Å²) in [6, 6.07) is 15.0. The van der Waals surface area contributed by atoms with Crippen molar-refractivity contribution < 1.29 is 14.3 Å². The summed E-state index contributed by atoms with van der Waals surface area (Å²) in [5, 5.41) is 12.0. The van der Waals surface area contributed by atoms with Gasteiger partial charge in [-0.25, -0.2) is 0 Å². The highest BCUT2D eigenvalue weighted by atomic mass is 79.9. The molecule has 9 heteroatoms. The van der Waals surface area contributed by atoms with Crippen molar-refractivity contribution in [1.29, 1.82) is 0 Å². The molecule has 0 unspecified atom stereocenters. The van der Waals surface area contributed by atoms with Gasteiger partial charge in [0.15, 0.2) is 11.0 Å². The fourth-order valence-corrected chi connectivity index (χ4v) is 3.78. The Morgan fingerprint density at radius 2 is 1.87 bits per heavy atom. The molecule has 2 aromatic carbocycles. The van der Waals surface area contributed by atoms with Crippen LogP contribution in [-0.4, -0.2) is 33.0 Å². The fraction of sp³-hybridized carbons (Fsp3) is 0.286. The quantitative estimate of drug-likeness (QED) is 0.412. The number of nitrogens with one attached hydrogen (secondary N) is 1. The van der Waals surface area contributed by atoms with Crippen molar-refractivity contribution in [2.24, 2.45) is 0 Å². The second kappa shape index (κ2) is 11.0. The van der Waals surface area contributed by atoms with Crippen molar-refractivity contribution in [1.82, 2.24) is 14.8 Å². The van der Waals surface area contributed by atoms with Gasteiger partial charge < -0.3 is 19.4 Å². The van der Waals surface area contributed by atoms with Gasteiger partial charge >= 0.3 is 0 Å². The molecule has 0 bridgehead atoms. The number of amides is 1. The summed E-state index contributed by atoms with van der Waals surface area (Å²) in [7, 11) is 0. The van der Waals surface area contributed by atoms with E-state index < -0.39 is 0 Å². The Balaban J connectivity index is 1.57. The van der Waals surface area contributed by atoms with Crippen LogP contribution in [-0.2, 0) is 17.9 Å². The Morgan fingerprint density at radius 3 is 2.60 bits per heavy atom. The molecule has 158 valence electrons. The van der Waals surface area contributed by atoms with E-state index in [1.54, 1.807) is 0 Å². The van der Waals surface area contributed by atoms with Crippen LogP contribution in [0.5, 0.6) is 11.5 Å². The number of nitrogens with zero attached hydrogens (tertiary/aromatic N) is 3. The molecular formula is C21H23BrN4O3S. The molecule has 0 saturated heterocycles. The molecule has 30 heavy (non-hydrogen) atoms. The summed E-state index contributed by atoms with van der Waals surface area (Å²) in [4.78, 5) is 12.4. The van der Waals surface area contributed by atoms with Crippen LogP contribution in [0, 0.1) is 0 Å². The molecule has 0 atom stereocenters. The maximum absolute atomic E-state index is 12.4. The Hall–Kier alpha value is -2.52. The smallest absolute Gasteiger partial charge is 0.234 e. The predicted octanol–water partition coefficient (Wildman–Crippen LogP) is 4.77. The van der Waals surface area contributed by atoms with Crippen LogP contribution in [0.15, 0.2) is 58.2 Å². The highest BCUT2D eigenvalue weighted by Crippen LogP contribution is 2.25. The van der Waals surface area contributed by atoms with Crippen LogP contribution in [0.1, 0.15) is 19.7 Å². The zero-order chi connectivity index (χ0) is 21.3. The largest absolute Gasteiger partial charge is 0.492 e. The van der Waals surface area contributed by atoms with E-state index in [9.17, 15) is 4.79 Å². The number of ether oxygens (including phenoxy) is 2. The number of benzene rings is 2. The van der Waals surface area contributed by atoms with Gasteiger partial charge in [-0.05, 0) is 50.2 Å². The Kier molecular flexibility index (Phi) is 8.15. The van der Waals surface area contributed by atoms with Gasteiger partial charge in [-0.1, -0.05) is 39.8 Å². The lowest BCUT2D eigenvalue weighted by molar-refractivity contribution is -0.113. The first-order valence-electron chi connectivity index (χ1n) is 9.55. The van der Waals surface area contributed by atoms with E-state index >= 15 is 0 Å². The van der Waals surface area contributed by atoms with Crippen LogP contribution >= 0.6 is 27.7 Å². The Morgan fingerprint density at radius 1 is 1.10 bits per heavy atom. The minimum atomic E-state index is -0.134. The number of halogens is 1. The van der Waals surface area contributed by atoms with E-state index in [-0.39, 0.29) is 11.7 Å². The summed E-state index contributed by atoms with van der Waals surface area (Å²) in [6.07, 6.45) is 0. The minimum absolute atomic E-state index is 0.134. The van der Waals surface area contributed by atoms with Gasteiger partial charge in [-0.15, -0.1) is 10.2 Å². The molecule has 7 nitrogen and oxygen atoms in total. The molecule has 0 spiro atoms. The summed E-state index contributed by atoms with van der Waals surface area (Å²) in [6.45, 7) is 5.44. The van der Waals surface area contributed by atoms with E-state index in [4.69, 9.17) is 9.47 Å². The molecule has 0 aliphatic rings. The average molecular weight is 491 g/mol. The maximum Gasteiger partial charge on any atom is 0.234 e. The Labute approximate surface area is 188 Å². The van der Waals surface area contributed by atoms with Crippen LogP contribution in [0.4, 0.5) is 5.69 Å². The molecule has 0 aliphatic carbocycles. The number of rotatable bonds is 10. The number of hydrogen-bond donors (Lipinski definition) is 1. The molecule has 0 aliphatic heterocycles. The molecule has 1 aromatic heterocycles. The van der Waals surface area contributed by atoms with Gasteiger partial charge in [-0.2, -0.15) is 0 Å². The molecule has 0 radical (unpaired) electrons. The lowest BCUT2D eigenvalue weighted by Gasteiger charge is -2.11. The van der Waals surface area contributed by atoms with E-state index in [1.807, 2.05) is 66.9 Å². The molecule has 1 heterocycles. The lowest BCUT2D eigenvalue weighted by atomic mass is 10.3. The molecule has 1 amide bonds. The van der Waals surface area contributed by atoms with Gasteiger partial charge in [0.2, 0.25) is 5.91 Å². The Bertz CT molecular complexity index is 979. The van der Waals surface area contributed by atoms with Crippen LogP contribution in [0.2, 0.25) is 0 Å². The molecular weight excluding hydrogens is 468 g/mol. The van der Waals surface area contributed by atoms with Crippen molar-refractivity contribution in [3.63, 3.8) is 0 Å². The zero-order valence-corrected chi connectivity index (χ0v) is 19.2. The standard InChI is InChI=1S/C21H23BrN4O3S/c1-3-26-19(13-29-16-11-9-15(22)10-12-16)24-25-21(26)30-14-20(27)23-17-7-5-6-8-18(17)28-4-2/h5-12H,3-4,13-14H2,1-2H3,(H,23,27). The summed E-state index contributed by atoms with van der Waals surface area (Å²) in [5.41, 5.74) is 0.658. The van der Waals surface area contributed by atoms with Crippen molar-refractivity contribution in [2.45, 2.75) is 32.2 Å². The number of thioether (sulfide) groups is 1. The van der Waals surface area contributed by atoms with Gasteiger partial charge in [0.05, 0.1) is 18.0 Å². The number of aromatic nitrogens is 3. The first-order chi connectivity index (χ1) is 14.6. The van der Waals surface area contributed by atoms with Gasteiger partial charge in [0, 0.05) is 11.0 Å². The number of anilines is 1. The predicted molar refractivity (Wildman–Crippen MR) is 121 cm³/mol. The molecule has 3 aromatic rings. The molecule has 0 saturated carbocycles. The van der Waals surface area contributed by atoms with E-state index in [1.165, 1.54) is 11.8 Å². The highest BCUT2D eigenvalue weighted by molar-refractivity contribution is 9.10. The second-order valence-electron chi connectivity index (χ2n) is 6.15. The second-order valence-corrected chi connectivity index (χ2v) is 8.01. The first-order valence-corrected chi connectivity index (χ1v) is 11.3. The third-order valence-corrected chi connectivity index (χ3v) is 5.58. The SMILES string of the molecule is CCOc1ccccc1NC(=O)CSc1nnc(COc2ccc(Br)cc2)n1CC. The van der Waals surface area contributed by atoms with Crippen molar-refractivity contribution in [2.75, 3.05) is 17.7 Å². The fourth-order valence-electron chi connectivity index (χ4n) is 2.70. The molecule has 0 fully saturated rings. The number of carbonyl (C=O) groups excluding carboxylic acids is 1. The summed E-state index contributed by atoms with van der Waals surface area (Å²) < 4.78 is 14.3. The lowest BCUT2D eigenvalue weighted by Crippen LogP contribution is -2.15. The van der Waals surface area contributed by atoms with Gasteiger partial charge in [0.1, 0.15) is 18.1 Å². The monoisotopic (exact) mass is 490 g/mol. The third kappa shape index (κ3) is 5.99. The van der Waals surface area contributed by atoms with E-state index in [2.05, 4.69) is 31.4 Å². The van der Waals surface area contributed by atoms with Crippen LogP contribution in [0.25, 0.3) is 0 Å². The summed E-state index contributed by atoms with van der Waals surface area (Å²) in [5.74, 6) is 2.20. The van der Waals surface area contributed by atoms with Crippen LogP contribution in [0.3, 0.4) is 0 Å². The number of carbonyl (C=O) groups is 1. The van der Waals surface area contributed by atoms with E-state index in [0.717, 1.165) is 10.2 Å². The number of para-hydroxylation sites is 2. The topological polar surface area (TPSA) is 78.3 Å². The van der Waals surface area contributed by atoms with Crippen molar-refractivity contribution in [3.8, 4) is 11.5 Å². The van der Waals surface area contributed by atoms with Crippen molar-refractivity contribution in [3.05, 3.63) is 58.8 Å². The van der Waals surface area contributed by atoms with Crippen molar-refractivity contribution >= 4 is 39.3 Å². The third-order valence-electron chi connectivity index (χ3n) is 4.08. The maximum atomic E-state index is 12.4. The first kappa shape index (κ1) is 22.2. The van der Waals surface area contributed by atoms with E-state index in [0.29, 0.717) is 42.2 Å². The summed E-state index contributed by atoms with van der Waals surface area (Å²) >= 11 is 4.74. The van der Waals surface area contributed by atoms with Gasteiger partial charge in [0.25, 0.3) is 0 Å². The van der Waals surface area contributed by atoms with Crippen LogP contribution < -0.4 is 14.8 Å². The normalized spacial score (nSPS) is 10.6. The number of hydrogen-bond acceptors (Lipinski definition) is 6. The minimum Gasteiger partial charge on any atom is -0.492 e. The average Bonchev–Trinajstić information content (AvgIpc) is 3.15. The van der Waals surface area contributed by atoms with Gasteiger partial charge in [-0.3, -0.25) is 4.79 Å².